The van der Waals surface area contributed by atoms with Gasteiger partial charge in [0.15, 0.2) is 0 Å². The Morgan fingerprint density at radius 2 is 2.35 bits per heavy atom. The first-order valence-corrected chi connectivity index (χ1v) is 6.56. The second-order valence-electron chi connectivity index (χ2n) is 4.37. The average Bonchev–Trinajstić information content (AvgIpc) is 3.12. The van der Waals surface area contributed by atoms with E-state index in [2.05, 4.69) is 31.7 Å². The van der Waals surface area contributed by atoms with E-state index >= 15 is 0 Å². The molecule has 0 radical (unpaired) electrons. The largest absolute Gasteiger partial charge is 0.345 e. The minimum absolute atomic E-state index is 0.480. The van der Waals surface area contributed by atoms with Gasteiger partial charge in [-0.25, -0.2) is 4.98 Å². The number of anilines is 1. The summed E-state index contributed by atoms with van der Waals surface area (Å²) >= 11 is 3.41. The lowest BCUT2D eigenvalue weighted by Gasteiger charge is -2.23. The molecule has 0 aromatic carbocycles. The van der Waals surface area contributed by atoms with Crippen LogP contribution in [0.3, 0.4) is 0 Å². The van der Waals surface area contributed by atoms with Gasteiger partial charge in [-0.05, 0) is 40.8 Å². The summed E-state index contributed by atoms with van der Waals surface area (Å²) in [5, 5.41) is 0. The Balaban J connectivity index is 2.23. The SMILES string of the molecule is C#CCN(CC1CC1)c1ncc(Br)cc1CN. The van der Waals surface area contributed by atoms with Crippen molar-refractivity contribution in [1.82, 2.24) is 4.98 Å². The third-order valence-corrected chi connectivity index (χ3v) is 3.32. The van der Waals surface area contributed by atoms with Gasteiger partial charge < -0.3 is 10.6 Å². The third-order valence-electron chi connectivity index (χ3n) is 2.89. The first-order chi connectivity index (χ1) is 8.24. The first kappa shape index (κ1) is 12.4. The van der Waals surface area contributed by atoms with Gasteiger partial charge in [-0.2, -0.15) is 0 Å². The van der Waals surface area contributed by atoms with Gasteiger partial charge in [-0.1, -0.05) is 5.92 Å². The topological polar surface area (TPSA) is 42.2 Å². The molecule has 0 saturated heterocycles. The lowest BCUT2D eigenvalue weighted by Crippen LogP contribution is -2.28. The number of halogens is 1. The zero-order valence-corrected chi connectivity index (χ0v) is 11.3. The predicted molar refractivity (Wildman–Crippen MR) is 73.6 cm³/mol. The Hall–Kier alpha value is -1.05. The van der Waals surface area contributed by atoms with Crippen molar-refractivity contribution in [3.8, 4) is 12.3 Å². The van der Waals surface area contributed by atoms with Crippen molar-refractivity contribution in [3.63, 3.8) is 0 Å². The van der Waals surface area contributed by atoms with Crippen molar-refractivity contribution in [1.29, 1.82) is 0 Å². The molecule has 1 aromatic rings. The number of pyridine rings is 1. The second-order valence-corrected chi connectivity index (χ2v) is 5.28. The molecule has 0 spiro atoms. The molecule has 1 fully saturated rings. The van der Waals surface area contributed by atoms with Gasteiger partial charge in [0, 0.05) is 29.3 Å². The van der Waals surface area contributed by atoms with Crippen LogP contribution in [0.1, 0.15) is 18.4 Å². The number of hydrogen-bond donors (Lipinski definition) is 1. The third kappa shape index (κ3) is 3.21. The first-order valence-electron chi connectivity index (χ1n) is 5.77. The average molecular weight is 294 g/mol. The molecule has 1 aliphatic rings. The van der Waals surface area contributed by atoms with Crippen LogP contribution in [0.5, 0.6) is 0 Å². The Bertz CT molecular complexity index is 435. The highest BCUT2D eigenvalue weighted by atomic mass is 79.9. The fourth-order valence-corrected chi connectivity index (χ4v) is 2.24. The summed E-state index contributed by atoms with van der Waals surface area (Å²) in [6.45, 7) is 2.07. The number of aromatic nitrogens is 1. The molecule has 1 aromatic heterocycles. The van der Waals surface area contributed by atoms with E-state index in [4.69, 9.17) is 12.2 Å². The lowest BCUT2D eigenvalue weighted by atomic mass is 10.2. The van der Waals surface area contributed by atoms with E-state index in [0.29, 0.717) is 13.1 Å². The van der Waals surface area contributed by atoms with Crippen LogP contribution in [0.2, 0.25) is 0 Å². The Morgan fingerprint density at radius 3 is 2.94 bits per heavy atom. The number of rotatable bonds is 5. The second kappa shape index (κ2) is 5.52. The molecule has 17 heavy (non-hydrogen) atoms. The molecular formula is C13H16BrN3. The van der Waals surface area contributed by atoms with Crippen molar-refractivity contribution in [2.45, 2.75) is 19.4 Å². The van der Waals surface area contributed by atoms with Gasteiger partial charge in [-0.15, -0.1) is 6.42 Å². The van der Waals surface area contributed by atoms with Gasteiger partial charge in [0.25, 0.3) is 0 Å². The van der Waals surface area contributed by atoms with Crippen LogP contribution in [0.15, 0.2) is 16.7 Å². The van der Waals surface area contributed by atoms with Crippen LogP contribution >= 0.6 is 15.9 Å². The summed E-state index contributed by atoms with van der Waals surface area (Å²) in [7, 11) is 0. The number of nitrogens with zero attached hydrogens (tertiary/aromatic N) is 2. The maximum Gasteiger partial charge on any atom is 0.133 e. The van der Waals surface area contributed by atoms with E-state index in [-0.39, 0.29) is 0 Å². The minimum Gasteiger partial charge on any atom is -0.345 e. The Morgan fingerprint density at radius 1 is 1.59 bits per heavy atom. The van der Waals surface area contributed by atoms with Crippen molar-refractivity contribution in [2.24, 2.45) is 11.7 Å². The van der Waals surface area contributed by atoms with Crippen molar-refractivity contribution in [2.75, 3.05) is 18.0 Å². The molecule has 0 atom stereocenters. The molecule has 0 amide bonds. The fourth-order valence-electron chi connectivity index (χ4n) is 1.86. The number of hydrogen-bond acceptors (Lipinski definition) is 3. The lowest BCUT2D eigenvalue weighted by molar-refractivity contribution is 0.748. The van der Waals surface area contributed by atoms with E-state index in [0.717, 1.165) is 28.3 Å². The van der Waals surface area contributed by atoms with Gasteiger partial charge in [0.2, 0.25) is 0 Å². The number of nitrogens with two attached hydrogens (primary N) is 1. The summed E-state index contributed by atoms with van der Waals surface area (Å²) in [4.78, 5) is 6.61. The minimum atomic E-state index is 0.480. The maximum absolute atomic E-state index is 5.76. The van der Waals surface area contributed by atoms with Crippen LogP contribution in [0.4, 0.5) is 5.82 Å². The maximum atomic E-state index is 5.76. The van der Waals surface area contributed by atoms with E-state index in [1.807, 2.05) is 6.07 Å². The normalized spacial score (nSPS) is 14.4. The van der Waals surface area contributed by atoms with Gasteiger partial charge in [0.1, 0.15) is 5.82 Å². The van der Waals surface area contributed by atoms with Crippen molar-refractivity contribution < 1.29 is 0 Å². The van der Waals surface area contributed by atoms with E-state index < -0.39 is 0 Å². The molecule has 90 valence electrons. The summed E-state index contributed by atoms with van der Waals surface area (Å²) in [6.07, 6.45) is 9.82. The molecule has 1 heterocycles. The van der Waals surface area contributed by atoms with Crippen LogP contribution < -0.4 is 10.6 Å². The highest BCUT2D eigenvalue weighted by Gasteiger charge is 2.25. The molecule has 1 saturated carbocycles. The quantitative estimate of drug-likeness (QED) is 0.846. The molecule has 2 rings (SSSR count). The Kier molecular flexibility index (Phi) is 4.03. The fraction of sp³-hybridized carbons (Fsp3) is 0.462. The monoisotopic (exact) mass is 293 g/mol. The molecule has 0 aliphatic heterocycles. The molecular weight excluding hydrogens is 278 g/mol. The van der Waals surface area contributed by atoms with Gasteiger partial charge >= 0.3 is 0 Å². The van der Waals surface area contributed by atoms with Crippen LogP contribution in [0.25, 0.3) is 0 Å². The van der Waals surface area contributed by atoms with E-state index in [1.54, 1.807) is 6.20 Å². The highest BCUT2D eigenvalue weighted by molar-refractivity contribution is 9.10. The molecule has 0 bridgehead atoms. The van der Waals surface area contributed by atoms with Crippen molar-refractivity contribution in [3.05, 3.63) is 22.3 Å². The summed E-state index contributed by atoms with van der Waals surface area (Å²) < 4.78 is 0.953. The summed E-state index contributed by atoms with van der Waals surface area (Å²) in [5.41, 5.74) is 6.80. The van der Waals surface area contributed by atoms with E-state index in [9.17, 15) is 0 Å². The molecule has 2 N–H and O–H groups in total. The predicted octanol–water partition coefficient (Wildman–Crippen LogP) is 2.15. The van der Waals surface area contributed by atoms with Gasteiger partial charge in [0.05, 0.1) is 6.54 Å². The zero-order valence-electron chi connectivity index (χ0n) is 9.69. The molecule has 1 aliphatic carbocycles. The Labute approximate surface area is 111 Å². The van der Waals surface area contributed by atoms with Gasteiger partial charge in [-0.3, -0.25) is 0 Å². The molecule has 0 unspecified atom stereocenters. The smallest absolute Gasteiger partial charge is 0.133 e. The van der Waals surface area contributed by atoms with Crippen LogP contribution in [0, 0.1) is 18.3 Å². The zero-order chi connectivity index (χ0) is 12.3. The van der Waals surface area contributed by atoms with E-state index in [1.165, 1.54) is 12.8 Å². The van der Waals surface area contributed by atoms with Crippen molar-refractivity contribution >= 4 is 21.7 Å². The molecule has 4 heteroatoms. The highest BCUT2D eigenvalue weighted by Crippen LogP contribution is 2.32. The summed E-state index contributed by atoms with van der Waals surface area (Å²) in [6, 6.07) is 2.01. The number of terminal acetylenes is 1. The summed E-state index contributed by atoms with van der Waals surface area (Å²) in [5.74, 6) is 4.41. The molecule has 3 nitrogen and oxygen atoms in total. The van der Waals surface area contributed by atoms with Crippen LogP contribution in [-0.4, -0.2) is 18.1 Å². The van der Waals surface area contributed by atoms with Crippen LogP contribution in [-0.2, 0) is 6.54 Å². The standard InChI is InChI=1S/C13H16BrN3/c1-2-5-17(9-10-3-4-10)13-11(7-15)6-12(14)8-16-13/h1,6,8,10H,3-5,7,9,15H2.